The molecular formula is C16H17F5N2O2. The number of nitriles is 1. The summed E-state index contributed by atoms with van der Waals surface area (Å²) in [6, 6.07) is 2.41. The van der Waals surface area contributed by atoms with Gasteiger partial charge in [-0.2, -0.15) is 22.8 Å². The fraction of sp³-hybridized carbons (Fsp3) is 0.562. The average Bonchev–Trinajstić information content (AvgIpc) is 2.92. The topological polar surface area (TPSA) is 45.5 Å². The zero-order chi connectivity index (χ0) is 19.0. The first-order valence-electron chi connectivity index (χ1n) is 7.49. The molecule has 2 atom stereocenters. The Labute approximate surface area is 141 Å². The Morgan fingerprint density at radius 1 is 1.32 bits per heavy atom. The van der Waals surface area contributed by atoms with Crippen molar-refractivity contribution in [3.05, 3.63) is 23.8 Å². The number of halogens is 5. The standard InChI is InChI=1S/C16H17F5N2O2/c1-9(2)25-14-12(5-4-11(17)13(14)18)23-8-15(24-3,16(19,20)21)6-10(23)7-22/h4-5,9-10H,6,8H2,1-3H3. The average molecular weight is 364 g/mol. The van der Waals surface area contributed by atoms with Gasteiger partial charge in [0, 0.05) is 13.5 Å². The van der Waals surface area contributed by atoms with Gasteiger partial charge in [0.2, 0.25) is 5.82 Å². The van der Waals surface area contributed by atoms with Gasteiger partial charge in [0.25, 0.3) is 0 Å². The minimum atomic E-state index is -4.73. The lowest BCUT2D eigenvalue weighted by molar-refractivity contribution is -0.261. The molecule has 2 rings (SSSR count). The molecule has 1 aliphatic rings. The quantitative estimate of drug-likeness (QED) is 0.763. The van der Waals surface area contributed by atoms with E-state index in [0.29, 0.717) is 0 Å². The predicted octanol–water partition coefficient (Wildman–Crippen LogP) is 3.80. The lowest BCUT2D eigenvalue weighted by atomic mass is 10.00. The molecule has 138 valence electrons. The second kappa shape index (κ2) is 6.67. The van der Waals surface area contributed by atoms with E-state index < -0.39 is 54.3 Å². The summed E-state index contributed by atoms with van der Waals surface area (Å²) >= 11 is 0. The maximum absolute atomic E-state index is 14.2. The highest BCUT2D eigenvalue weighted by molar-refractivity contribution is 5.62. The third kappa shape index (κ3) is 3.35. The van der Waals surface area contributed by atoms with Gasteiger partial charge in [-0.25, -0.2) is 4.39 Å². The Morgan fingerprint density at radius 3 is 2.44 bits per heavy atom. The minimum Gasteiger partial charge on any atom is -0.486 e. The van der Waals surface area contributed by atoms with E-state index in [4.69, 9.17) is 9.47 Å². The second-order valence-electron chi connectivity index (χ2n) is 6.05. The smallest absolute Gasteiger partial charge is 0.419 e. The molecule has 1 saturated heterocycles. The SMILES string of the molecule is COC1(C(F)(F)F)CC(C#N)N(c2ccc(F)c(F)c2OC(C)C)C1. The van der Waals surface area contributed by atoms with Gasteiger partial charge >= 0.3 is 6.18 Å². The van der Waals surface area contributed by atoms with Crippen molar-refractivity contribution < 1.29 is 31.4 Å². The van der Waals surface area contributed by atoms with Crippen molar-refractivity contribution >= 4 is 5.69 Å². The van der Waals surface area contributed by atoms with Crippen LogP contribution in [0.25, 0.3) is 0 Å². The van der Waals surface area contributed by atoms with Crippen LogP contribution in [0.2, 0.25) is 0 Å². The molecule has 0 saturated carbocycles. The van der Waals surface area contributed by atoms with Crippen LogP contribution in [0.15, 0.2) is 12.1 Å². The molecule has 0 radical (unpaired) electrons. The summed E-state index contributed by atoms with van der Waals surface area (Å²) in [7, 11) is 0.905. The molecule has 1 aromatic carbocycles. The van der Waals surface area contributed by atoms with Gasteiger partial charge in [0.1, 0.15) is 6.04 Å². The van der Waals surface area contributed by atoms with Crippen molar-refractivity contribution in [3.63, 3.8) is 0 Å². The van der Waals surface area contributed by atoms with Gasteiger partial charge in [0.15, 0.2) is 17.2 Å². The lowest BCUT2D eigenvalue weighted by Crippen LogP contribution is -2.49. The number of hydrogen-bond acceptors (Lipinski definition) is 4. The summed E-state index contributed by atoms with van der Waals surface area (Å²) in [5.41, 5.74) is -2.70. The largest absolute Gasteiger partial charge is 0.486 e. The van der Waals surface area contributed by atoms with Crippen LogP contribution in [0.3, 0.4) is 0 Å². The third-order valence-electron chi connectivity index (χ3n) is 4.07. The van der Waals surface area contributed by atoms with Crippen LogP contribution in [0.1, 0.15) is 20.3 Å². The van der Waals surface area contributed by atoms with Crippen molar-refractivity contribution in [1.82, 2.24) is 0 Å². The van der Waals surface area contributed by atoms with Crippen LogP contribution in [0.5, 0.6) is 5.75 Å². The predicted molar refractivity (Wildman–Crippen MR) is 79.3 cm³/mol. The van der Waals surface area contributed by atoms with Crippen LogP contribution in [0.4, 0.5) is 27.6 Å². The number of ether oxygens (including phenoxy) is 2. The third-order valence-corrected chi connectivity index (χ3v) is 4.07. The van der Waals surface area contributed by atoms with Gasteiger partial charge < -0.3 is 14.4 Å². The zero-order valence-corrected chi connectivity index (χ0v) is 13.8. The molecule has 4 nitrogen and oxygen atoms in total. The first-order chi connectivity index (χ1) is 11.6. The molecule has 0 aromatic heterocycles. The molecule has 1 aromatic rings. The van der Waals surface area contributed by atoms with E-state index in [1.165, 1.54) is 0 Å². The number of nitrogens with zero attached hydrogens (tertiary/aromatic N) is 2. The Hall–Kier alpha value is -2.08. The van der Waals surface area contributed by atoms with Gasteiger partial charge in [-0.3, -0.25) is 0 Å². The number of rotatable bonds is 4. The molecule has 0 spiro atoms. The lowest BCUT2D eigenvalue weighted by Gasteiger charge is -2.31. The van der Waals surface area contributed by atoms with E-state index in [9.17, 15) is 27.2 Å². The van der Waals surface area contributed by atoms with Gasteiger partial charge in [-0.15, -0.1) is 0 Å². The Bertz CT molecular complexity index is 686. The number of alkyl halides is 3. The molecule has 0 aliphatic carbocycles. The summed E-state index contributed by atoms with van der Waals surface area (Å²) < 4.78 is 78.0. The van der Waals surface area contributed by atoms with Crippen LogP contribution >= 0.6 is 0 Å². The van der Waals surface area contributed by atoms with Crippen LogP contribution in [-0.4, -0.2) is 37.6 Å². The molecule has 0 N–H and O–H groups in total. The molecule has 2 unspecified atom stereocenters. The summed E-state index contributed by atoms with van der Waals surface area (Å²) in [5.74, 6) is -3.03. The van der Waals surface area contributed by atoms with E-state index in [1.807, 2.05) is 0 Å². The normalized spacial score (nSPS) is 23.8. The fourth-order valence-corrected chi connectivity index (χ4v) is 2.81. The van der Waals surface area contributed by atoms with E-state index in [-0.39, 0.29) is 5.69 Å². The second-order valence-corrected chi connectivity index (χ2v) is 6.05. The summed E-state index contributed by atoms with van der Waals surface area (Å²) in [4.78, 5) is 1.04. The van der Waals surface area contributed by atoms with E-state index >= 15 is 0 Å². The van der Waals surface area contributed by atoms with Crippen LogP contribution < -0.4 is 9.64 Å². The van der Waals surface area contributed by atoms with Crippen molar-refractivity contribution in [2.75, 3.05) is 18.6 Å². The van der Waals surface area contributed by atoms with Crippen molar-refractivity contribution in [2.24, 2.45) is 0 Å². The number of anilines is 1. The Kier molecular flexibility index (Phi) is 5.14. The maximum Gasteiger partial charge on any atom is 0.419 e. The van der Waals surface area contributed by atoms with E-state index in [2.05, 4.69) is 0 Å². The summed E-state index contributed by atoms with van der Waals surface area (Å²) in [5, 5.41) is 9.26. The van der Waals surface area contributed by atoms with Crippen LogP contribution in [0, 0.1) is 23.0 Å². The highest BCUT2D eigenvalue weighted by Gasteiger charge is 2.62. The maximum atomic E-state index is 14.2. The molecule has 25 heavy (non-hydrogen) atoms. The molecule has 1 fully saturated rings. The summed E-state index contributed by atoms with van der Waals surface area (Å²) in [6.45, 7) is 2.40. The highest BCUT2D eigenvalue weighted by atomic mass is 19.4. The molecule has 1 heterocycles. The Balaban J connectivity index is 2.54. The van der Waals surface area contributed by atoms with E-state index in [0.717, 1.165) is 24.1 Å². The van der Waals surface area contributed by atoms with Crippen LogP contribution in [-0.2, 0) is 4.74 Å². The van der Waals surface area contributed by atoms with Gasteiger partial charge in [-0.05, 0) is 26.0 Å². The highest BCUT2D eigenvalue weighted by Crippen LogP contribution is 2.46. The first-order valence-corrected chi connectivity index (χ1v) is 7.49. The first kappa shape index (κ1) is 19.2. The van der Waals surface area contributed by atoms with Gasteiger partial charge in [0.05, 0.1) is 24.4 Å². The van der Waals surface area contributed by atoms with Gasteiger partial charge in [-0.1, -0.05) is 0 Å². The van der Waals surface area contributed by atoms with E-state index in [1.54, 1.807) is 19.9 Å². The Morgan fingerprint density at radius 2 is 1.96 bits per heavy atom. The van der Waals surface area contributed by atoms with Crippen molar-refractivity contribution in [1.29, 1.82) is 5.26 Å². The van der Waals surface area contributed by atoms with Crippen molar-refractivity contribution in [2.45, 2.75) is 44.2 Å². The fourth-order valence-electron chi connectivity index (χ4n) is 2.81. The number of methoxy groups -OCH3 is 1. The number of benzene rings is 1. The monoisotopic (exact) mass is 364 g/mol. The molecule has 0 bridgehead atoms. The zero-order valence-electron chi connectivity index (χ0n) is 13.8. The number of hydrogen-bond donors (Lipinski definition) is 0. The molecule has 0 amide bonds. The molecular weight excluding hydrogens is 347 g/mol. The van der Waals surface area contributed by atoms with Crippen molar-refractivity contribution in [3.8, 4) is 11.8 Å². The molecule has 9 heteroatoms. The minimum absolute atomic E-state index is 0.123. The summed E-state index contributed by atoms with van der Waals surface area (Å²) in [6.07, 6.45) is -5.93. The molecule has 1 aliphatic heterocycles.